The highest BCUT2D eigenvalue weighted by molar-refractivity contribution is 6.16. The molecule has 2 N–H and O–H groups in total. The minimum Gasteiger partial charge on any atom is -0.322 e. The van der Waals surface area contributed by atoms with Crippen molar-refractivity contribution in [3.05, 3.63) is 83.3 Å². The van der Waals surface area contributed by atoms with Crippen LogP contribution < -0.4 is 10.6 Å². The van der Waals surface area contributed by atoms with E-state index in [0.29, 0.717) is 0 Å². The van der Waals surface area contributed by atoms with E-state index in [9.17, 15) is 18.8 Å². The molecule has 4 rings (SSSR count). The molecule has 4 amide bonds. The van der Waals surface area contributed by atoms with Gasteiger partial charge in [0.1, 0.15) is 18.1 Å². The molecule has 0 saturated carbocycles. The third-order valence-electron chi connectivity index (χ3n) is 5.09. The van der Waals surface area contributed by atoms with Gasteiger partial charge in [-0.1, -0.05) is 12.1 Å². The van der Waals surface area contributed by atoms with Gasteiger partial charge < -0.3 is 15.2 Å². The van der Waals surface area contributed by atoms with Crippen molar-refractivity contribution in [1.29, 1.82) is 0 Å². The van der Waals surface area contributed by atoms with E-state index in [1.165, 1.54) is 18.2 Å². The number of urea groups is 1. The van der Waals surface area contributed by atoms with Crippen LogP contribution in [-0.2, 0) is 9.59 Å². The van der Waals surface area contributed by atoms with Crippen LogP contribution in [0.15, 0.2) is 60.6 Å². The number of benzene rings is 1. The molecule has 1 aliphatic rings. The molecule has 0 bridgehead atoms. The average molecular weight is 433 g/mol. The van der Waals surface area contributed by atoms with Crippen LogP contribution in [0.25, 0.3) is 11.8 Å². The molecule has 162 valence electrons. The molecule has 1 aromatic carbocycles. The summed E-state index contributed by atoms with van der Waals surface area (Å²) in [5.74, 6) is -1.93. The molecule has 0 radical (unpaired) electrons. The zero-order chi connectivity index (χ0) is 22.8. The lowest BCUT2D eigenvalue weighted by Gasteiger charge is -2.12. The van der Waals surface area contributed by atoms with Crippen molar-refractivity contribution in [1.82, 2.24) is 19.8 Å². The second kappa shape index (κ2) is 8.46. The van der Waals surface area contributed by atoms with E-state index in [-0.39, 0.29) is 11.4 Å². The van der Waals surface area contributed by atoms with Crippen molar-refractivity contribution in [3.8, 4) is 5.69 Å². The first kappa shape index (κ1) is 21.0. The molecule has 0 unspecified atom stereocenters. The first-order valence-corrected chi connectivity index (χ1v) is 9.83. The first-order valence-electron chi connectivity index (χ1n) is 9.83. The van der Waals surface area contributed by atoms with E-state index in [0.717, 1.165) is 27.5 Å². The van der Waals surface area contributed by atoms with Gasteiger partial charge in [0.05, 0.1) is 17.6 Å². The Kier molecular flexibility index (Phi) is 5.55. The molecule has 0 spiro atoms. The number of pyridine rings is 1. The standard InChI is InChI=1S/C23H20FN5O3/c1-14-10-16(15(2)29(14)17-6-5-9-25-12-17)11-20-22(31)28(23(32)27-20)13-21(30)26-19-8-4-3-7-18(19)24/h3-12H,13H2,1-2H3,(H,26,30)(H,27,32)/b20-11+. The Balaban J connectivity index is 1.53. The highest BCUT2D eigenvalue weighted by Crippen LogP contribution is 2.23. The number of rotatable bonds is 5. The summed E-state index contributed by atoms with van der Waals surface area (Å²) in [5.41, 5.74) is 3.44. The Labute approximate surface area is 183 Å². The largest absolute Gasteiger partial charge is 0.329 e. The van der Waals surface area contributed by atoms with E-state index in [1.807, 2.05) is 36.6 Å². The lowest BCUT2D eigenvalue weighted by molar-refractivity contribution is -0.127. The molecule has 3 heterocycles. The smallest absolute Gasteiger partial charge is 0.322 e. The lowest BCUT2D eigenvalue weighted by atomic mass is 10.2. The molecular formula is C23H20FN5O3. The molecule has 1 fully saturated rings. The Morgan fingerprint density at radius 1 is 1.19 bits per heavy atom. The highest BCUT2D eigenvalue weighted by atomic mass is 19.1. The maximum atomic E-state index is 13.7. The third kappa shape index (κ3) is 4.00. The van der Waals surface area contributed by atoms with Gasteiger partial charge in [-0.05, 0) is 55.8 Å². The van der Waals surface area contributed by atoms with Crippen LogP contribution in [0.2, 0.25) is 0 Å². The third-order valence-corrected chi connectivity index (χ3v) is 5.09. The number of carbonyl (C=O) groups excluding carboxylic acids is 3. The number of hydrogen-bond donors (Lipinski definition) is 2. The van der Waals surface area contributed by atoms with Crippen LogP contribution in [-0.4, -0.2) is 38.8 Å². The number of aromatic nitrogens is 2. The molecule has 32 heavy (non-hydrogen) atoms. The Hall–Kier alpha value is -4.27. The summed E-state index contributed by atoms with van der Waals surface area (Å²) in [7, 11) is 0. The zero-order valence-corrected chi connectivity index (χ0v) is 17.4. The fourth-order valence-electron chi connectivity index (χ4n) is 3.58. The van der Waals surface area contributed by atoms with Gasteiger partial charge >= 0.3 is 6.03 Å². The van der Waals surface area contributed by atoms with Gasteiger partial charge in [0, 0.05) is 17.6 Å². The monoisotopic (exact) mass is 433 g/mol. The van der Waals surface area contributed by atoms with E-state index in [2.05, 4.69) is 15.6 Å². The molecule has 0 atom stereocenters. The maximum Gasteiger partial charge on any atom is 0.329 e. The second-order valence-electron chi connectivity index (χ2n) is 7.28. The van der Waals surface area contributed by atoms with E-state index >= 15 is 0 Å². The summed E-state index contributed by atoms with van der Waals surface area (Å²) in [5, 5.41) is 4.87. The Morgan fingerprint density at radius 3 is 2.69 bits per heavy atom. The normalized spacial score (nSPS) is 14.7. The number of halogens is 1. The molecule has 3 aromatic rings. The van der Waals surface area contributed by atoms with Crippen molar-refractivity contribution in [2.75, 3.05) is 11.9 Å². The fraction of sp³-hybridized carbons (Fsp3) is 0.130. The number of nitrogens with zero attached hydrogens (tertiary/aromatic N) is 3. The van der Waals surface area contributed by atoms with Crippen molar-refractivity contribution in [3.63, 3.8) is 0 Å². The molecule has 8 nitrogen and oxygen atoms in total. The average Bonchev–Trinajstić information content (AvgIpc) is 3.19. The first-order chi connectivity index (χ1) is 15.3. The van der Waals surface area contributed by atoms with Crippen LogP contribution in [0.1, 0.15) is 17.0 Å². The number of hydrogen-bond acceptors (Lipinski definition) is 4. The SMILES string of the molecule is Cc1cc(/C=C2/NC(=O)N(CC(=O)Nc3ccccc3F)C2=O)c(C)n1-c1cccnc1. The molecule has 1 aliphatic heterocycles. The van der Waals surface area contributed by atoms with Crippen molar-refractivity contribution >= 4 is 29.6 Å². The molecule has 0 aliphatic carbocycles. The molecule has 9 heteroatoms. The van der Waals surface area contributed by atoms with Crippen LogP contribution in [0.4, 0.5) is 14.9 Å². The summed E-state index contributed by atoms with van der Waals surface area (Å²) in [6, 6.07) is 10.6. The molecular weight excluding hydrogens is 413 g/mol. The van der Waals surface area contributed by atoms with Gasteiger partial charge in [-0.2, -0.15) is 0 Å². The van der Waals surface area contributed by atoms with Gasteiger partial charge in [0.2, 0.25) is 5.91 Å². The number of aryl methyl sites for hydroxylation is 1. The topological polar surface area (TPSA) is 96.3 Å². The lowest BCUT2D eigenvalue weighted by Crippen LogP contribution is -2.38. The highest BCUT2D eigenvalue weighted by Gasteiger charge is 2.35. The predicted octanol–water partition coefficient (Wildman–Crippen LogP) is 3.16. The van der Waals surface area contributed by atoms with Crippen LogP contribution in [0.3, 0.4) is 0 Å². The zero-order valence-electron chi connectivity index (χ0n) is 17.4. The number of amides is 4. The maximum absolute atomic E-state index is 13.7. The van der Waals surface area contributed by atoms with Crippen molar-refractivity contribution in [2.24, 2.45) is 0 Å². The van der Waals surface area contributed by atoms with E-state index in [4.69, 9.17) is 0 Å². The Morgan fingerprint density at radius 2 is 1.97 bits per heavy atom. The van der Waals surface area contributed by atoms with Gasteiger partial charge in [0.25, 0.3) is 5.91 Å². The predicted molar refractivity (Wildman–Crippen MR) is 116 cm³/mol. The van der Waals surface area contributed by atoms with Gasteiger partial charge in [-0.15, -0.1) is 0 Å². The number of para-hydroxylation sites is 1. The minimum atomic E-state index is -0.717. The number of carbonyl (C=O) groups is 3. The molecule has 2 aromatic heterocycles. The summed E-state index contributed by atoms with van der Waals surface area (Å²) < 4.78 is 15.7. The van der Waals surface area contributed by atoms with Gasteiger partial charge in [0.15, 0.2) is 0 Å². The number of nitrogens with one attached hydrogen (secondary N) is 2. The van der Waals surface area contributed by atoms with Crippen molar-refractivity contribution < 1.29 is 18.8 Å². The number of imide groups is 1. The van der Waals surface area contributed by atoms with Crippen molar-refractivity contribution in [2.45, 2.75) is 13.8 Å². The summed E-state index contributed by atoms with van der Waals surface area (Å²) in [4.78, 5) is 42.2. The minimum absolute atomic E-state index is 0.0249. The van der Waals surface area contributed by atoms with Crippen LogP contribution in [0, 0.1) is 19.7 Å². The second-order valence-corrected chi connectivity index (χ2v) is 7.28. The summed E-state index contributed by atoms with van der Waals surface area (Å²) >= 11 is 0. The van der Waals surface area contributed by atoms with Gasteiger partial charge in [-0.3, -0.25) is 14.6 Å². The van der Waals surface area contributed by atoms with Crippen LogP contribution in [0.5, 0.6) is 0 Å². The number of anilines is 1. The van der Waals surface area contributed by atoms with E-state index < -0.39 is 30.2 Å². The van der Waals surface area contributed by atoms with Gasteiger partial charge in [-0.25, -0.2) is 14.1 Å². The quantitative estimate of drug-likeness (QED) is 0.477. The Bertz CT molecular complexity index is 1250. The fourth-order valence-corrected chi connectivity index (χ4v) is 3.58. The molecule has 1 saturated heterocycles. The van der Waals surface area contributed by atoms with Crippen LogP contribution >= 0.6 is 0 Å². The van der Waals surface area contributed by atoms with E-state index in [1.54, 1.807) is 24.5 Å². The summed E-state index contributed by atoms with van der Waals surface area (Å²) in [6.45, 7) is 3.29. The summed E-state index contributed by atoms with van der Waals surface area (Å²) in [6.07, 6.45) is 4.99.